The molecule has 0 bridgehead atoms. The molecule has 29 heavy (non-hydrogen) atoms. The highest BCUT2D eigenvalue weighted by Crippen LogP contribution is 1.97. The summed E-state index contributed by atoms with van der Waals surface area (Å²) in [6, 6.07) is 0. The summed E-state index contributed by atoms with van der Waals surface area (Å²) in [6.45, 7) is 12.8. The second-order valence-electron chi connectivity index (χ2n) is 5.96. The van der Waals surface area contributed by atoms with E-state index in [1.54, 1.807) is 13.8 Å². The lowest BCUT2D eigenvalue weighted by molar-refractivity contribution is -0.169. The van der Waals surface area contributed by atoms with Crippen molar-refractivity contribution in [2.24, 2.45) is 5.92 Å². The van der Waals surface area contributed by atoms with Gasteiger partial charge in [0.1, 0.15) is 5.78 Å². The maximum Gasteiger partial charge on any atom is 0.333 e. The Kier molecular flexibility index (Phi) is 23.1. The van der Waals surface area contributed by atoms with Crippen molar-refractivity contribution in [3.05, 3.63) is 12.7 Å². The van der Waals surface area contributed by atoms with E-state index >= 15 is 0 Å². The summed E-state index contributed by atoms with van der Waals surface area (Å²) in [6.07, 6.45) is 3.16. The molecule has 0 aromatic heterocycles. The Hall–Kier alpha value is -2.71. The molecule has 0 fully saturated rings. The molecule has 0 amide bonds. The Morgan fingerprint density at radius 1 is 0.793 bits per heavy atom. The average Bonchev–Trinajstić information content (AvgIpc) is 2.61. The number of hydrogen-bond donors (Lipinski definition) is 0. The minimum Gasteiger partial charge on any atom is -0.428 e. The highest BCUT2D eigenvalue weighted by atomic mass is 16.7. The van der Waals surface area contributed by atoms with Crippen LogP contribution in [0.1, 0.15) is 67.2 Å². The topological polar surface area (TPSA) is 122 Å². The first kappa shape index (κ1) is 31.0. The fraction of sp³-hybridized carbons (Fsp3) is 0.650. The van der Waals surface area contributed by atoms with E-state index in [2.05, 4.69) is 25.5 Å². The van der Waals surface area contributed by atoms with Gasteiger partial charge in [-0.3, -0.25) is 14.4 Å². The van der Waals surface area contributed by atoms with Crippen molar-refractivity contribution in [3.8, 4) is 0 Å². The summed E-state index contributed by atoms with van der Waals surface area (Å²) in [5.41, 5.74) is 0. The van der Waals surface area contributed by atoms with Crippen LogP contribution in [0.3, 0.4) is 0 Å². The van der Waals surface area contributed by atoms with Crippen LogP contribution in [0.4, 0.5) is 0 Å². The Morgan fingerprint density at radius 2 is 1.17 bits per heavy atom. The Balaban J connectivity index is -0.000000394. The second kappa shape index (κ2) is 21.6. The van der Waals surface area contributed by atoms with E-state index in [4.69, 9.17) is 0 Å². The molecule has 0 radical (unpaired) electrons. The highest BCUT2D eigenvalue weighted by molar-refractivity contribution is 5.81. The number of carbonyl (C=O) groups excluding carboxylic acids is 5. The average molecular weight is 418 g/mol. The van der Waals surface area contributed by atoms with Gasteiger partial charge in [0.05, 0.1) is 5.92 Å². The van der Waals surface area contributed by atoms with Crippen molar-refractivity contribution in [3.63, 3.8) is 0 Å². The van der Waals surface area contributed by atoms with Crippen LogP contribution in [0.15, 0.2) is 12.7 Å². The van der Waals surface area contributed by atoms with Crippen LogP contribution in [-0.4, -0.2) is 43.2 Å². The molecular weight excluding hydrogens is 384 g/mol. The van der Waals surface area contributed by atoms with Crippen molar-refractivity contribution in [1.82, 2.24) is 0 Å². The number of rotatable bonds is 10. The molecule has 0 atom stereocenters. The van der Waals surface area contributed by atoms with E-state index in [9.17, 15) is 24.0 Å². The normalized spacial score (nSPS) is 8.93. The van der Waals surface area contributed by atoms with E-state index in [0.717, 1.165) is 12.5 Å². The Labute approximate surface area is 172 Å². The third-order valence-corrected chi connectivity index (χ3v) is 2.39. The molecule has 168 valence electrons. The lowest BCUT2D eigenvalue weighted by Crippen LogP contribution is -2.16. The number of esters is 4. The monoisotopic (exact) mass is 418 g/mol. The van der Waals surface area contributed by atoms with Gasteiger partial charge < -0.3 is 23.7 Å². The van der Waals surface area contributed by atoms with Gasteiger partial charge in [0.25, 0.3) is 0 Å². The van der Waals surface area contributed by atoms with Gasteiger partial charge in [-0.2, -0.15) is 0 Å². The minimum atomic E-state index is -0.598. The fourth-order valence-electron chi connectivity index (χ4n) is 1.08. The molecule has 0 aromatic rings. The van der Waals surface area contributed by atoms with Gasteiger partial charge in [-0.25, -0.2) is 4.79 Å². The van der Waals surface area contributed by atoms with Crippen LogP contribution >= 0.6 is 0 Å². The highest BCUT2D eigenvalue weighted by Gasteiger charge is 2.09. The summed E-state index contributed by atoms with van der Waals surface area (Å²) < 4.78 is 18.2. The van der Waals surface area contributed by atoms with Crippen molar-refractivity contribution < 1.29 is 42.9 Å². The third kappa shape index (κ3) is 30.3. The predicted molar refractivity (Wildman–Crippen MR) is 105 cm³/mol. The molecule has 0 aromatic carbocycles. The van der Waals surface area contributed by atoms with Crippen LogP contribution in [-0.2, 0) is 42.9 Å². The molecule has 9 nitrogen and oxygen atoms in total. The molecule has 0 saturated carbocycles. The zero-order chi connectivity index (χ0) is 23.2. The molecule has 0 aliphatic carbocycles. The number of Topliss-reactive ketones (excluding diaryl/α,β-unsaturated/α-hetero) is 1. The van der Waals surface area contributed by atoms with Crippen LogP contribution in [0.25, 0.3) is 0 Å². The van der Waals surface area contributed by atoms with Crippen LogP contribution in [0.5, 0.6) is 0 Å². The third-order valence-electron chi connectivity index (χ3n) is 2.39. The summed E-state index contributed by atoms with van der Waals surface area (Å²) in [7, 11) is 0. The number of hydrogen-bond acceptors (Lipinski definition) is 9. The van der Waals surface area contributed by atoms with Crippen molar-refractivity contribution >= 4 is 29.7 Å². The molecule has 0 rings (SSSR count). The molecule has 0 aliphatic heterocycles. The molecule has 0 N–H and O–H groups in total. The summed E-state index contributed by atoms with van der Waals surface area (Å²) in [5.74, 6) is -1.68. The minimum absolute atomic E-state index is 0.167. The summed E-state index contributed by atoms with van der Waals surface area (Å²) in [5, 5.41) is 0. The second-order valence-corrected chi connectivity index (χ2v) is 5.96. The van der Waals surface area contributed by atoms with E-state index in [1.807, 2.05) is 13.8 Å². The largest absolute Gasteiger partial charge is 0.428 e. The number of carbonyl (C=O) groups is 5. The van der Waals surface area contributed by atoms with Gasteiger partial charge in [-0.05, 0) is 26.7 Å². The van der Waals surface area contributed by atoms with Gasteiger partial charge >= 0.3 is 23.9 Å². The lowest BCUT2D eigenvalue weighted by Gasteiger charge is -2.07. The fourth-order valence-corrected chi connectivity index (χ4v) is 1.08. The number of ether oxygens (including phenoxy) is 4. The Morgan fingerprint density at radius 3 is 1.48 bits per heavy atom. The zero-order valence-electron chi connectivity index (χ0n) is 18.3. The van der Waals surface area contributed by atoms with E-state index in [-0.39, 0.29) is 43.2 Å². The SMILES string of the molecule is C=CC(=O)OCOC(=O)CCC.CC(C)=O.CCCC(=O)OCOC(=O)C(C)C. The smallest absolute Gasteiger partial charge is 0.333 e. The van der Waals surface area contributed by atoms with Crippen molar-refractivity contribution in [1.29, 1.82) is 0 Å². The zero-order valence-corrected chi connectivity index (χ0v) is 18.3. The first-order chi connectivity index (χ1) is 13.5. The van der Waals surface area contributed by atoms with Crippen LogP contribution < -0.4 is 0 Å². The van der Waals surface area contributed by atoms with Gasteiger partial charge in [0.15, 0.2) is 0 Å². The first-order valence-corrected chi connectivity index (χ1v) is 9.25. The molecule has 0 spiro atoms. The quantitative estimate of drug-likeness (QED) is 0.299. The standard InChI is InChI=1S/C9H16O4.C8H12O4.C3H6O/c1-4-5-8(10)12-6-13-9(11)7(2)3;1-3-5-8(10)12-6-11-7(9)4-2;1-3(2)4/h7H,4-6H2,1-3H3;4H,2-3,5-6H2,1H3;1-2H3. The molecule has 0 unspecified atom stereocenters. The maximum atomic E-state index is 10.9. The van der Waals surface area contributed by atoms with Gasteiger partial charge in [-0.1, -0.05) is 34.3 Å². The predicted octanol–water partition coefficient (Wildman–Crippen LogP) is 3.10. The van der Waals surface area contributed by atoms with E-state index in [1.165, 1.54) is 13.8 Å². The molecule has 9 heteroatoms. The molecular formula is C20H34O9. The summed E-state index contributed by atoms with van der Waals surface area (Å²) >= 11 is 0. The molecule has 0 heterocycles. The lowest BCUT2D eigenvalue weighted by atomic mass is 10.2. The summed E-state index contributed by atoms with van der Waals surface area (Å²) in [4.78, 5) is 52.2. The van der Waals surface area contributed by atoms with Crippen molar-refractivity contribution in [2.45, 2.75) is 67.2 Å². The van der Waals surface area contributed by atoms with Crippen LogP contribution in [0.2, 0.25) is 0 Å². The van der Waals surface area contributed by atoms with Crippen LogP contribution in [0, 0.1) is 5.92 Å². The van der Waals surface area contributed by atoms with Crippen molar-refractivity contribution in [2.75, 3.05) is 13.6 Å². The Bertz CT molecular complexity index is 506. The molecule has 0 aliphatic rings. The van der Waals surface area contributed by atoms with Gasteiger partial charge in [-0.15, -0.1) is 0 Å². The molecule has 0 saturated heterocycles. The first-order valence-electron chi connectivity index (χ1n) is 9.25. The number of ketones is 1. The van der Waals surface area contributed by atoms with Gasteiger partial charge in [0.2, 0.25) is 13.6 Å². The van der Waals surface area contributed by atoms with Gasteiger partial charge in [0, 0.05) is 18.9 Å². The van der Waals surface area contributed by atoms with E-state index in [0.29, 0.717) is 19.3 Å². The maximum absolute atomic E-state index is 10.9. The van der Waals surface area contributed by atoms with E-state index < -0.39 is 5.97 Å².